The van der Waals surface area contributed by atoms with Crippen LogP contribution >= 0.6 is 47.8 Å². The van der Waals surface area contributed by atoms with Crippen LogP contribution in [0.2, 0.25) is 0 Å². The number of benzene rings is 6. The van der Waals surface area contributed by atoms with Crippen molar-refractivity contribution in [2.45, 2.75) is 0 Å². The topological polar surface area (TPSA) is 17.8 Å². The van der Waals surface area contributed by atoms with Crippen molar-refractivity contribution in [1.29, 1.82) is 0 Å². The standard InChI is InChI=1S/C41H27Br3N2Si/c42-37-23-22-33(27-36(37)28-24-40(43)45-41(44)25-28)47(30-13-3-1-4-14-30,31-15-5-2-6-16-31)32-17-11-12-29(26-32)46-38-20-9-7-18-34(38)35-19-8-10-21-39(35)46/h1-27H. The second kappa shape index (κ2) is 12.5. The molecular formula is C41H27Br3N2Si. The van der Waals surface area contributed by atoms with Crippen LogP contribution in [0.5, 0.6) is 0 Å². The molecule has 8 rings (SSSR count). The molecule has 0 saturated carbocycles. The first kappa shape index (κ1) is 30.3. The average molecular weight is 815 g/mol. The van der Waals surface area contributed by atoms with Crippen molar-refractivity contribution in [2.75, 3.05) is 0 Å². The Bertz CT molecular complexity index is 2290. The smallest absolute Gasteiger partial charge is 0.179 e. The molecule has 0 unspecified atom stereocenters. The Kier molecular flexibility index (Phi) is 8.06. The third kappa shape index (κ3) is 5.24. The van der Waals surface area contributed by atoms with E-state index in [1.807, 2.05) is 0 Å². The number of nitrogens with zero attached hydrogens (tertiary/aromatic N) is 2. The number of para-hydroxylation sites is 2. The van der Waals surface area contributed by atoms with Crippen LogP contribution in [-0.2, 0) is 0 Å². The van der Waals surface area contributed by atoms with Crippen molar-refractivity contribution in [3.05, 3.63) is 177 Å². The van der Waals surface area contributed by atoms with Gasteiger partial charge in [0.15, 0.2) is 8.07 Å². The summed E-state index contributed by atoms with van der Waals surface area (Å²) < 4.78 is 5.03. The maximum absolute atomic E-state index is 4.50. The molecule has 0 atom stereocenters. The highest BCUT2D eigenvalue weighted by Gasteiger charge is 2.42. The lowest BCUT2D eigenvalue weighted by molar-refractivity contribution is 1.18. The minimum Gasteiger partial charge on any atom is -0.309 e. The van der Waals surface area contributed by atoms with E-state index >= 15 is 0 Å². The molecule has 0 bridgehead atoms. The summed E-state index contributed by atoms with van der Waals surface area (Å²) in [4.78, 5) is 4.50. The summed E-state index contributed by atoms with van der Waals surface area (Å²) in [6, 6.07) is 59.9. The molecule has 0 aliphatic heterocycles. The van der Waals surface area contributed by atoms with Gasteiger partial charge in [-0.05, 0) is 106 Å². The SMILES string of the molecule is Brc1cc(-c2cc([Si](c3ccccc3)(c3ccccc3)c3cccc(-n4c5ccccc5c5ccccc54)c3)ccc2Br)cc(Br)n1. The summed E-state index contributed by atoms with van der Waals surface area (Å²) in [6.45, 7) is 0. The summed E-state index contributed by atoms with van der Waals surface area (Å²) in [5.74, 6) is 0. The van der Waals surface area contributed by atoms with Crippen LogP contribution in [0.3, 0.4) is 0 Å². The Morgan fingerprint density at radius 2 is 0.957 bits per heavy atom. The molecule has 2 heterocycles. The van der Waals surface area contributed by atoms with E-state index in [9.17, 15) is 0 Å². The number of pyridine rings is 1. The van der Waals surface area contributed by atoms with Crippen LogP contribution in [0.25, 0.3) is 38.6 Å². The van der Waals surface area contributed by atoms with Crippen molar-refractivity contribution in [2.24, 2.45) is 0 Å². The first-order valence-electron chi connectivity index (χ1n) is 15.4. The molecule has 6 aromatic carbocycles. The number of rotatable bonds is 6. The fraction of sp³-hybridized carbons (Fsp3) is 0. The predicted octanol–water partition coefficient (Wildman–Crippen LogP) is 9.51. The Hall–Kier alpha value is -4.07. The van der Waals surface area contributed by atoms with Gasteiger partial charge < -0.3 is 4.57 Å². The zero-order chi connectivity index (χ0) is 32.0. The van der Waals surface area contributed by atoms with E-state index in [4.69, 9.17) is 0 Å². The second-order valence-corrected chi connectivity index (χ2v) is 17.9. The molecule has 8 aromatic rings. The van der Waals surface area contributed by atoms with Gasteiger partial charge in [0.2, 0.25) is 0 Å². The zero-order valence-corrected chi connectivity index (χ0v) is 30.9. The van der Waals surface area contributed by atoms with E-state index in [0.717, 1.165) is 30.5 Å². The lowest BCUT2D eigenvalue weighted by atomic mass is 10.1. The number of halogens is 3. The zero-order valence-electron chi connectivity index (χ0n) is 25.1. The van der Waals surface area contributed by atoms with Gasteiger partial charge >= 0.3 is 0 Å². The molecule has 47 heavy (non-hydrogen) atoms. The fourth-order valence-electron chi connectivity index (χ4n) is 7.06. The molecule has 0 amide bonds. The molecule has 2 nitrogen and oxygen atoms in total. The molecule has 226 valence electrons. The molecule has 0 fully saturated rings. The van der Waals surface area contributed by atoms with Gasteiger partial charge in [-0.2, -0.15) is 0 Å². The number of hydrogen-bond acceptors (Lipinski definition) is 1. The van der Waals surface area contributed by atoms with Gasteiger partial charge in [0, 0.05) is 20.9 Å². The number of aromatic nitrogens is 2. The molecule has 0 N–H and O–H groups in total. The number of fused-ring (bicyclic) bond motifs is 3. The largest absolute Gasteiger partial charge is 0.309 e. The Balaban J connectivity index is 1.46. The highest BCUT2D eigenvalue weighted by atomic mass is 79.9. The van der Waals surface area contributed by atoms with Gasteiger partial charge in [0.05, 0.1) is 11.0 Å². The molecule has 0 saturated heterocycles. The monoisotopic (exact) mass is 812 g/mol. The molecule has 0 aliphatic carbocycles. The average Bonchev–Trinajstić information content (AvgIpc) is 3.44. The quantitative estimate of drug-likeness (QED) is 0.0930. The van der Waals surface area contributed by atoms with Crippen molar-refractivity contribution in [3.8, 4) is 16.8 Å². The lowest BCUT2D eigenvalue weighted by Gasteiger charge is -2.35. The van der Waals surface area contributed by atoms with E-state index in [-0.39, 0.29) is 0 Å². The van der Waals surface area contributed by atoms with Gasteiger partial charge in [0.25, 0.3) is 0 Å². The normalized spacial score (nSPS) is 11.7. The van der Waals surface area contributed by atoms with E-state index in [2.05, 4.69) is 221 Å². The van der Waals surface area contributed by atoms with Crippen LogP contribution in [0, 0.1) is 0 Å². The molecule has 0 radical (unpaired) electrons. The van der Waals surface area contributed by atoms with Crippen LogP contribution in [0.15, 0.2) is 177 Å². The van der Waals surface area contributed by atoms with Crippen LogP contribution < -0.4 is 20.7 Å². The van der Waals surface area contributed by atoms with Crippen molar-refractivity contribution >= 4 is 98.4 Å². The molecule has 2 aromatic heterocycles. The molecular weight excluding hydrogens is 788 g/mol. The van der Waals surface area contributed by atoms with Crippen LogP contribution in [0.1, 0.15) is 0 Å². The number of hydrogen-bond donors (Lipinski definition) is 0. The third-order valence-electron chi connectivity index (χ3n) is 9.00. The van der Waals surface area contributed by atoms with Crippen LogP contribution in [0.4, 0.5) is 0 Å². The van der Waals surface area contributed by atoms with E-state index in [1.165, 1.54) is 42.6 Å². The van der Waals surface area contributed by atoms with E-state index in [0.29, 0.717) is 0 Å². The van der Waals surface area contributed by atoms with Gasteiger partial charge in [-0.3, -0.25) is 0 Å². The van der Waals surface area contributed by atoms with Crippen LogP contribution in [-0.4, -0.2) is 17.6 Å². The van der Waals surface area contributed by atoms with E-state index in [1.54, 1.807) is 0 Å². The Labute approximate surface area is 300 Å². The van der Waals surface area contributed by atoms with E-state index < -0.39 is 8.07 Å². The maximum Gasteiger partial charge on any atom is 0.179 e. The minimum absolute atomic E-state index is 0.785. The third-order valence-corrected chi connectivity index (χ3v) is 15.3. The molecule has 0 aliphatic rings. The van der Waals surface area contributed by atoms with Crippen molar-refractivity contribution < 1.29 is 0 Å². The summed E-state index contributed by atoms with van der Waals surface area (Å²) >= 11 is 11.1. The summed E-state index contributed by atoms with van der Waals surface area (Å²) in [5, 5.41) is 7.80. The Morgan fingerprint density at radius 3 is 1.55 bits per heavy atom. The molecule has 6 heteroatoms. The highest BCUT2D eigenvalue weighted by Crippen LogP contribution is 2.33. The summed E-state index contributed by atoms with van der Waals surface area (Å²) in [5.41, 5.74) is 5.77. The van der Waals surface area contributed by atoms with Gasteiger partial charge in [0.1, 0.15) is 9.21 Å². The first-order chi connectivity index (χ1) is 23.0. The predicted molar refractivity (Wildman–Crippen MR) is 211 cm³/mol. The first-order valence-corrected chi connectivity index (χ1v) is 19.8. The fourth-order valence-corrected chi connectivity index (χ4v) is 13.4. The maximum atomic E-state index is 4.50. The lowest BCUT2D eigenvalue weighted by Crippen LogP contribution is -2.74. The van der Waals surface area contributed by atoms with Crippen molar-refractivity contribution in [3.63, 3.8) is 0 Å². The summed E-state index contributed by atoms with van der Waals surface area (Å²) in [7, 11) is -2.87. The van der Waals surface area contributed by atoms with Crippen molar-refractivity contribution in [1.82, 2.24) is 9.55 Å². The minimum atomic E-state index is -2.87. The highest BCUT2D eigenvalue weighted by molar-refractivity contribution is 9.11. The summed E-state index contributed by atoms with van der Waals surface area (Å²) in [6.07, 6.45) is 0. The van der Waals surface area contributed by atoms with Gasteiger partial charge in [-0.15, -0.1) is 0 Å². The van der Waals surface area contributed by atoms with Gasteiger partial charge in [-0.1, -0.05) is 137 Å². The Morgan fingerprint density at radius 1 is 0.447 bits per heavy atom. The van der Waals surface area contributed by atoms with Gasteiger partial charge in [-0.25, -0.2) is 4.98 Å². The second-order valence-electron chi connectivity index (χ2n) is 11.6. The molecule has 0 spiro atoms.